The summed E-state index contributed by atoms with van der Waals surface area (Å²) in [6.45, 7) is 1.55. The zero-order valence-electron chi connectivity index (χ0n) is 15.8. The molecule has 5 rings (SSSR count). The van der Waals surface area contributed by atoms with Crippen LogP contribution in [0, 0.1) is 11.3 Å². The maximum Gasteiger partial charge on any atom is 0.159 e. The molecule has 0 fully saturated rings. The monoisotopic (exact) mass is 473 g/mol. The predicted octanol–water partition coefficient (Wildman–Crippen LogP) is 7.03. The maximum atomic E-state index is 12.0. The third-order valence-corrected chi connectivity index (χ3v) is 6.19. The summed E-state index contributed by atoms with van der Waals surface area (Å²) < 4.78 is 0.788. The van der Waals surface area contributed by atoms with Crippen molar-refractivity contribution in [1.82, 2.24) is 9.97 Å². The average molecular weight is 475 g/mol. The summed E-state index contributed by atoms with van der Waals surface area (Å²) in [5.41, 5.74) is 3.52. The quantitative estimate of drug-likeness (QED) is 0.221. The van der Waals surface area contributed by atoms with Crippen LogP contribution in [0.25, 0.3) is 44.0 Å². The molecule has 0 spiro atoms. The Morgan fingerprint density at radius 2 is 1.83 bits per heavy atom. The molecule has 0 aliphatic rings. The standard InChI is InChI=1S/C24H13BrClN3O/c1-12(30)13-5-7-16-18(9-13)19-10-15(26)6-8-17(19)23-22(16)28-24(29-23)21-14(11-27)3-2-4-20(21)25/h2-10H,1H3,(H,28,29). The smallest absolute Gasteiger partial charge is 0.159 e. The van der Waals surface area contributed by atoms with Crippen LogP contribution in [0.15, 0.2) is 59.1 Å². The molecule has 6 heteroatoms. The van der Waals surface area contributed by atoms with Crippen LogP contribution in [0.1, 0.15) is 22.8 Å². The van der Waals surface area contributed by atoms with Crippen molar-refractivity contribution in [2.75, 3.05) is 0 Å². The Bertz CT molecular complexity index is 1560. The third kappa shape index (κ3) is 2.80. The minimum absolute atomic E-state index is 0.00164. The molecule has 1 aromatic heterocycles. The summed E-state index contributed by atoms with van der Waals surface area (Å²) in [6, 6.07) is 19.0. The van der Waals surface area contributed by atoms with E-state index in [1.165, 1.54) is 0 Å². The van der Waals surface area contributed by atoms with Crippen molar-refractivity contribution in [2.24, 2.45) is 0 Å². The summed E-state index contributed by atoms with van der Waals surface area (Å²) in [5.74, 6) is 0.607. The van der Waals surface area contributed by atoms with Gasteiger partial charge in [0.1, 0.15) is 5.82 Å². The maximum absolute atomic E-state index is 12.0. The highest BCUT2D eigenvalue weighted by Gasteiger charge is 2.18. The van der Waals surface area contributed by atoms with Gasteiger partial charge in [-0.2, -0.15) is 5.26 Å². The normalized spacial score (nSPS) is 11.3. The predicted molar refractivity (Wildman–Crippen MR) is 124 cm³/mol. The number of nitrogens with zero attached hydrogens (tertiary/aromatic N) is 2. The number of ketones is 1. The fourth-order valence-electron chi connectivity index (χ4n) is 3.89. The van der Waals surface area contributed by atoms with Gasteiger partial charge >= 0.3 is 0 Å². The lowest BCUT2D eigenvalue weighted by Gasteiger charge is -2.08. The Morgan fingerprint density at radius 3 is 2.60 bits per heavy atom. The largest absolute Gasteiger partial charge is 0.337 e. The molecule has 4 nitrogen and oxygen atoms in total. The molecular formula is C24H13BrClN3O. The number of imidazole rings is 1. The number of hydrogen-bond acceptors (Lipinski definition) is 3. The zero-order valence-corrected chi connectivity index (χ0v) is 18.1. The van der Waals surface area contributed by atoms with Gasteiger partial charge in [-0.05, 0) is 64.0 Å². The first-order valence-corrected chi connectivity index (χ1v) is 10.4. The van der Waals surface area contributed by atoms with Crippen LogP contribution in [0.4, 0.5) is 0 Å². The van der Waals surface area contributed by atoms with E-state index >= 15 is 0 Å². The van der Waals surface area contributed by atoms with Gasteiger partial charge in [-0.3, -0.25) is 4.79 Å². The van der Waals surface area contributed by atoms with E-state index in [-0.39, 0.29) is 5.78 Å². The van der Waals surface area contributed by atoms with Gasteiger partial charge in [0.25, 0.3) is 0 Å². The van der Waals surface area contributed by atoms with E-state index < -0.39 is 0 Å². The van der Waals surface area contributed by atoms with Gasteiger partial charge in [0.05, 0.1) is 22.7 Å². The van der Waals surface area contributed by atoms with Gasteiger partial charge in [-0.1, -0.05) is 35.9 Å². The molecule has 0 saturated carbocycles. The van der Waals surface area contributed by atoms with Crippen LogP contribution in [0.5, 0.6) is 0 Å². The van der Waals surface area contributed by atoms with Gasteiger partial charge in [-0.15, -0.1) is 0 Å². The Kier molecular flexibility index (Phi) is 4.35. The molecule has 1 N–H and O–H groups in total. The first-order chi connectivity index (χ1) is 14.5. The van der Waals surface area contributed by atoms with Gasteiger partial charge in [0, 0.05) is 31.4 Å². The SMILES string of the molecule is CC(=O)c1ccc2c(c1)c1cc(Cl)ccc1c1[nH]c(-c3c(Br)cccc3C#N)nc21. The lowest BCUT2D eigenvalue weighted by atomic mass is 9.97. The fourth-order valence-corrected chi connectivity index (χ4v) is 4.62. The van der Waals surface area contributed by atoms with Crippen molar-refractivity contribution in [2.45, 2.75) is 6.92 Å². The van der Waals surface area contributed by atoms with Crippen LogP contribution in [-0.2, 0) is 0 Å². The van der Waals surface area contributed by atoms with E-state index in [9.17, 15) is 10.1 Å². The number of aromatic amines is 1. The number of Topliss-reactive ketones (excluding diaryl/α,β-unsaturated/α-hetero) is 1. The van der Waals surface area contributed by atoms with Crippen molar-refractivity contribution in [3.05, 3.63) is 75.2 Å². The number of aromatic nitrogens is 2. The topological polar surface area (TPSA) is 69.5 Å². The summed E-state index contributed by atoms with van der Waals surface area (Å²) >= 11 is 9.85. The molecule has 1 heterocycles. The molecule has 0 radical (unpaired) electrons. The van der Waals surface area contributed by atoms with E-state index in [4.69, 9.17) is 16.6 Å². The molecule has 4 aromatic carbocycles. The van der Waals surface area contributed by atoms with Gasteiger partial charge in [0.2, 0.25) is 0 Å². The molecular weight excluding hydrogens is 462 g/mol. The molecule has 144 valence electrons. The number of halogens is 2. The molecule has 0 unspecified atom stereocenters. The second-order valence-corrected chi connectivity index (χ2v) is 8.38. The molecule has 0 atom stereocenters. The molecule has 0 aliphatic carbocycles. The van der Waals surface area contributed by atoms with Crippen LogP contribution >= 0.6 is 27.5 Å². The lowest BCUT2D eigenvalue weighted by Crippen LogP contribution is -1.92. The first kappa shape index (κ1) is 18.8. The highest BCUT2D eigenvalue weighted by atomic mass is 79.9. The van der Waals surface area contributed by atoms with Crippen LogP contribution in [0.3, 0.4) is 0 Å². The summed E-state index contributed by atoms with van der Waals surface area (Å²) in [5, 5.41) is 13.9. The van der Waals surface area contributed by atoms with E-state index in [2.05, 4.69) is 27.0 Å². The van der Waals surface area contributed by atoms with E-state index in [1.54, 1.807) is 13.0 Å². The van der Waals surface area contributed by atoms with Crippen molar-refractivity contribution >= 4 is 65.9 Å². The number of carbonyl (C=O) groups excluding carboxylic acids is 1. The highest BCUT2D eigenvalue weighted by molar-refractivity contribution is 9.10. The van der Waals surface area contributed by atoms with Crippen molar-refractivity contribution in [1.29, 1.82) is 5.26 Å². The Hall–Kier alpha value is -3.20. The first-order valence-electron chi connectivity index (χ1n) is 9.22. The minimum Gasteiger partial charge on any atom is -0.337 e. The number of H-pyrrole nitrogens is 1. The van der Waals surface area contributed by atoms with E-state index in [1.807, 2.05) is 48.5 Å². The third-order valence-electron chi connectivity index (χ3n) is 5.30. The molecule has 5 aromatic rings. The van der Waals surface area contributed by atoms with Crippen molar-refractivity contribution < 1.29 is 4.79 Å². The van der Waals surface area contributed by atoms with Crippen molar-refractivity contribution in [3.8, 4) is 17.5 Å². The highest BCUT2D eigenvalue weighted by Crippen LogP contribution is 2.38. The molecule has 0 amide bonds. The number of nitriles is 1. The van der Waals surface area contributed by atoms with Gasteiger partial charge in [0.15, 0.2) is 5.78 Å². The average Bonchev–Trinajstić information content (AvgIpc) is 3.18. The molecule has 0 aliphatic heterocycles. The second-order valence-electron chi connectivity index (χ2n) is 7.09. The lowest BCUT2D eigenvalue weighted by molar-refractivity contribution is 0.101. The van der Waals surface area contributed by atoms with Crippen LogP contribution < -0.4 is 0 Å². The van der Waals surface area contributed by atoms with E-state index in [0.29, 0.717) is 27.5 Å². The van der Waals surface area contributed by atoms with Gasteiger partial charge < -0.3 is 4.98 Å². The Morgan fingerprint density at radius 1 is 1.07 bits per heavy atom. The number of benzene rings is 4. The number of carbonyl (C=O) groups is 1. The minimum atomic E-state index is 0.00164. The van der Waals surface area contributed by atoms with Gasteiger partial charge in [-0.25, -0.2) is 4.98 Å². The van der Waals surface area contributed by atoms with Crippen molar-refractivity contribution in [3.63, 3.8) is 0 Å². The number of rotatable bonds is 2. The number of hydrogen-bond donors (Lipinski definition) is 1. The van der Waals surface area contributed by atoms with E-state index in [0.717, 1.165) is 37.1 Å². The molecule has 0 saturated heterocycles. The summed E-state index contributed by atoms with van der Waals surface area (Å²) in [4.78, 5) is 20.3. The number of fused-ring (bicyclic) bond motifs is 6. The molecule has 0 bridgehead atoms. The van der Waals surface area contributed by atoms with Crippen LogP contribution in [0.2, 0.25) is 5.02 Å². The number of nitrogens with one attached hydrogen (secondary N) is 1. The molecule has 30 heavy (non-hydrogen) atoms. The summed E-state index contributed by atoms with van der Waals surface area (Å²) in [6.07, 6.45) is 0. The second kappa shape index (κ2) is 6.94. The van der Waals surface area contributed by atoms with Crippen LogP contribution in [-0.4, -0.2) is 15.8 Å². The zero-order chi connectivity index (χ0) is 21.0. The Balaban J connectivity index is 1.96. The fraction of sp³-hybridized carbons (Fsp3) is 0.0417. The Labute approximate surface area is 185 Å². The summed E-state index contributed by atoms with van der Waals surface area (Å²) in [7, 11) is 0.